The quantitative estimate of drug-likeness (QED) is 0.545. The number of aldehydes is 1. The van der Waals surface area contributed by atoms with Gasteiger partial charge >= 0.3 is 0 Å². The molecule has 0 saturated heterocycles. The fraction of sp³-hybridized carbons (Fsp3) is 0.857. The van der Waals surface area contributed by atoms with Crippen LogP contribution in [0.3, 0.4) is 0 Å². The summed E-state index contributed by atoms with van der Waals surface area (Å²) in [5.41, 5.74) is -1.98. The number of alkyl halides is 3. The van der Waals surface area contributed by atoms with Crippen LogP contribution in [0.1, 0.15) is 25.7 Å². The second-order valence-electron chi connectivity index (χ2n) is 3.01. The number of carbonyl (C=O) groups excluding carboxylic acids is 1. The lowest BCUT2D eigenvalue weighted by Gasteiger charge is -2.29. The fourth-order valence-electron chi connectivity index (χ4n) is 1.15. The van der Waals surface area contributed by atoms with Crippen LogP contribution in [0.15, 0.2) is 0 Å². The topological polar surface area (TPSA) is 17.1 Å². The second-order valence-corrected chi connectivity index (χ2v) is 3.01. The molecule has 0 aliphatic heterocycles. The number of hydrogen-bond donors (Lipinski definition) is 0. The van der Waals surface area contributed by atoms with Gasteiger partial charge in [-0.1, -0.05) is 0 Å². The van der Waals surface area contributed by atoms with Crippen LogP contribution in [-0.4, -0.2) is 17.9 Å². The van der Waals surface area contributed by atoms with E-state index in [0.717, 1.165) is 0 Å². The molecule has 1 aliphatic carbocycles. The van der Waals surface area contributed by atoms with Gasteiger partial charge in [0.15, 0.2) is 12.0 Å². The molecule has 1 saturated carbocycles. The first-order valence-electron chi connectivity index (χ1n) is 3.51. The average molecular weight is 166 g/mol. The van der Waals surface area contributed by atoms with Crippen LogP contribution < -0.4 is 0 Å². The van der Waals surface area contributed by atoms with E-state index in [-0.39, 0.29) is 19.1 Å². The van der Waals surface area contributed by atoms with Crippen molar-refractivity contribution < 1.29 is 18.0 Å². The van der Waals surface area contributed by atoms with Crippen LogP contribution in [0, 0.1) is 0 Å². The van der Waals surface area contributed by atoms with Crippen molar-refractivity contribution in [1.82, 2.24) is 0 Å². The summed E-state index contributed by atoms with van der Waals surface area (Å²) in [6.45, 7) is 0. The van der Waals surface area contributed by atoms with Gasteiger partial charge in [-0.25, -0.2) is 13.2 Å². The van der Waals surface area contributed by atoms with E-state index in [9.17, 15) is 18.0 Å². The van der Waals surface area contributed by atoms with Crippen LogP contribution in [0.4, 0.5) is 13.2 Å². The maximum Gasteiger partial charge on any atom is 0.248 e. The molecule has 1 aliphatic rings. The first-order valence-corrected chi connectivity index (χ1v) is 3.51. The molecule has 1 fully saturated rings. The lowest BCUT2D eigenvalue weighted by molar-refractivity contribution is -0.127. The van der Waals surface area contributed by atoms with Gasteiger partial charge in [0, 0.05) is 12.8 Å². The Bertz CT molecular complexity index is 157. The van der Waals surface area contributed by atoms with Crippen molar-refractivity contribution in [3.05, 3.63) is 0 Å². The number of hydrogen-bond acceptors (Lipinski definition) is 1. The van der Waals surface area contributed by atoms with Crippen molar-refractivity contribution >= 4 is 6.29 Å². The molecule has 11 heavy (non-hydrogen) atoms. The highest BCUT2D eigenvalue weighted by molar-refractivity contribution is 5.62. The molecule has 0 amide bonds. The molecular weight excluding hydrogens is 157 g/mol. The van der Waals surface area contributed by atoms with E-state index in [1.165, 1.54) is 0 Å². The smallest absolute Gasteiger partial charge is 0.248 e. The minimum absolute atomic E-state index is 0.141. The summed E-state index contributed by atoms with van der Waals surface area (Å²) in [6, 6.07) is 0. The summed E-state index contributed by atoms with van der Waals surface area (Å²) in [4.78, 5) is 10.1. The Morgan fingerprint density at radius 1 is 1.00 bits per heavy atom. The molecular formula is C7H9F3O. The Kier molecular flexibility index (Phi) is 1.94. The van der Waals surface area contributed by atoms with Crippen LogP contribution in [0.25, 0.3) is 0 Å². The summed E-state index contributed by atoms with van der Waals surface area (Å²) in [7, 11) is 0. The summed E-state index contributed by atoms with van der Waals surface area (Å²) >= 11 is 0. The third kappa shape index (κ3) is 1.94. The van der Waals surface area contributed by atoms with Gasteiger partial charge in [0.2, 0.25) is 5.92 Å². The summed E-state index contributed by atoms with van der Waals surface area (Å²) in [5, 5.41) is 0. The van der Waals surface area contributed by atoms with Crippen molar-refractivity contribution in [2.24, 2.45) is 0 Å². The predicted octanol–water partition coefficient (Wildman–Crippen LogP) is 2.10. The van der Waals surface area contributed by atoms with Gasteiger partial charge in [-0.15, -0.1) is 0 Å². The van der Waals surface area contributed by atoms with Gasteiger partial charge < -0.3 is 0 Å². The van der Waals surface area contributed by atoms with Crippen molar-refractivity contribution in [2.45, 2.75) is 37.3 Å². The molecule has 0 unspecified atom stereocenters. The minimum Gasteiger partial charge on any atom is -0.300 e. The number of halogens is 3. The van der Waals surface area contributed by atoms with Crippen molar-refractivity contribution in [3.63, 3.8) is 0 Å². The molecule has 0 aromatic rings. The van der Waals surface area contributed by atoms with Crippen molar-refractivity contribution in [1.29, 1.82) is 0 Å². The lowest BCUT2D eigenvalue weighted by Crippen LogP contribution is -2.36. The van der Waals surface area contributed by atoms with Gasteiger partial charge in [0.05, 0.1) is 0 Å². The summed E-state index contributed by atoms with van der Waals surface area (Å²) in [6.07, 6.45) is -1.57. The minimum atomic E-state index is -2.77. The van der Waals surface area contributed by atoms with Crippen molar-refractivity contribution in [2.75, 3.05) is 0 Å². The largest absolute Gasteiger partial charge is 0.300 e. The maximum atomic E-state index is 12.9. The molecule has 0 aromatic carbocycles. The number of carbonyl (C=O) groups is 1. The van der Waals surface area contributed by atoms with E-state index in [2.05, 4.69) is 0 Å². The Balaban J connectivity index is 2.54. The molecule has 0 bridgehead atoms. The van der Waals surface area contributed by atoms with Crippen LogP contribution >= 0.6 is 0 Å². The van der Waals surface area contributed by atoms with E-state index < -0.39 is 24.4 Å². The Morgan fingerprint density at radius 2 is 1.45 bits per heavy atom. The molecule has 1 nitrogen and oxygen atoms in total. The lowest BCUT2D eigenvalue weighted by atomic mass is 9.85. The molecule has 0 atom stereocenters. The number of rotatable bonds is 1. The van der Waals surface area contributed by atoms with Gasteiger partial charge in [-0.2, -0.15) is 0 Å². The first kappa shape index (κ1) is 8.56. The first-order chi connectivity index (χ1) is 4.97. The average Bonchev–Trinajstić information content (AvgIpc) is 1.97. The summed E-state index contributed by atoms with van der Waals surface area (Å²) < 4.78 is 37.7. The summed E-state index contributed by atoms with van der Waals surface area (Å²) in [5.74, 6) is -2.77. The monoisotopic (exact) mass is 166 g/mol. The zero-order chi connectivity index (χ0) is 8.54. The third-order valence-corrected chi connectivity index (χ3v) is 2.02. The van der Waals surface area contributed by atoms with Gasteiger partial charge in [0.1, 0.15) is 0 Å². The predicted molar refractivity (Wildman–Crippen MR) is 33.3 cm³/mol. The molecule has 0 heterocycles. The zero-order valence-corrected chi connectivity index (χ0v) is 5.95. The van der Waals surface area contributed by atoms with Crippen LogP contribution in [0.2, 0.25) is 0 Å². The van der Waals surface area contributed by atoms with Gasteiger partial charge in [-0.05, 0) is 12.8 Å². The van der Waals surface area contributed by atoms with E-state index in [1.807, 2.05) is 0 Å². The van der Waals surface area contributed by atoms with E-state index >= 15 is 0 Å². The molecule has 0 aromatic heterocycles. The van der Waals surface area contributed by atoms with Gasteiger partial charge in [-0.3, -0.25) is 4.79 Å². The highest BCUT2D eigenvalue weighted by atomic mass is 19.3. The van der Waals surface area contributed by atoms with Crippen molar-refractivity contribution in [3.8, 4) is 0 Å². The standard InChI is InChI=1S/C7H9F3O/c8-6(5-11)1-3-7(9,10)4-2-6/h5H,1-4H2. The molecule has 64 valence electrons. The zero-order valence-electron chi connectivity index (χ0n) is 5.95. The molecule has 1 rings (SSSR count). The van der Waals surface area contributed by atoms with Gasteiger partial charge in [0.25, 0.3) is 0 Å². The van der Waals surface area contributed by atoms with E-state index in [0.29, 0.717) is 0 Å². The highest BCUT2D eigenvalue weighted by Crippen LogP contribution is 2.39. The fourth-order valence-corrected chi connectivity index (χ4v) is 1.15. The Morgan fingerprint density at radius 3 is 1.82 bits per heavy atom. The molecule has 0 N–H and O–H groups in total. The Hall–Kier alpha value is -0.540. The molecule has 0 spiro atoms. The van der Waals surface area contributed by atoms with E-state index in [1.54, 1.807) is 0 Å². The highest BCUT2D eigenvalue weighted by Gasteiger charge is 2.43. The van der Waals surface area contributed by atoms with Crippen LogP contribution in [-0.2, 0) is 4.79 Å². The Labute approximate surface area is 62.6 Å². The third-order valence-electron chi connectivity index (χ3n) is 2.02. The molecule has 4 heteroatoms. The SMILES string of the molecule is O=CC1(F)CCC(F)(F)CC1. The molecule has 0 radical (unpaired) electrons. The second kappa shape index (κ2) is 2.50. The van der Waals surface area contributed by atoms with Crippen LogP contribution in [0.5, 0.6) is 0 Å². The maximum absolute atomic E-state index is 12.9. The van der Waals surface area contributed by atoms with E-state index in [4.69, 9.17) is 0 Å². The normalized spacial score (nSPS) is 27.9.